The number of rotatable bonds is 6. The largest absolute Gasteiger partial charge is 0.497 e. The molecule has 0 aliphatic carbocycles. The third-order valence-corrected chi connectivity index (χ3v) is 5.22. The number of aryl methyl sites for hydroxylation is 1. The fourth-order valence-electron chi connectivity index (χ4n) is 3.09. The van der Waals surface area contributed by atoms with Gasteiger partial charge in [0.2, 0.25) is 0 Å². The van der Waals surface area contributed by atoms with E-state index in [0.29, 0.717) is 22.5 Å². The topological polar surface area (TPSA) is 71.8 Å². The average molecular weight is 415 g/mol. The molecular formula is C22H23ClN2O4. The normalized spacial score (nSPS) is 12.2. The molecule has 3 rings (SSSR count). The van der Waals surface area contributed by atoms with Gasteiger partial charge in [0.1, 0.15) is 11.3 Å². The van der Waals surface area contributed by atoms with Crippen molar-refractivity contribution < 1.29 is 13.9 Å². The second kappa shape index (κ2) is 8.68. The highest BCUT2D eigenvalue weighted by Crippen LogP contribution is 2.23. The lowest BCUT2D eigenvalue weighted by molar-refractivity contribution is 0.0914. The van der Waals surface area contributed by atoms with Gasteiger partial charge in [-0.05, 0) is 56.4 Å². The number of benzene rings is 2. The predicted molar refractivity (Wildman–Crippen MR) is 114 cm³/mol. The van der Waals surface area contributed by atoms with Crippen LogP contribution in [0.15, 0.2) is 51.7 Å². The number of nitrogens with zero attached hydrogens (tertiary/aromatic N) is 1. The van der Waals surface area contributed by atoms with Crippen LogP contribution in [-0.4, -0.2) is 38.6 Å². The summed E-state index contributed by atoms with van der Waals surface area (Å²) in [6.45, 7) is 2.16. The van der Waals surface area contributed by atoms with Crippen LogP contribution in [-0.2, 0) is 0 Å². The standard InChI is InChI=1S/C22H23ClN2O4/c1-13-9-20-16(10-17(13)23)19(26)11-21(29-20)22(27)24-12-18(25(2)3)14-5-7-15(28-4)8-6-14/h5-11,18H,12H2,1-4H3,(H,24,27). The van der Waals surface area contributed by atoms with Crippen LogP contribution in [0, 0.1) is 6.92 Å². The van der Waals surface area contributed by atoms with Gasteiger partial charge in [0.05, 0.1) is 18.5 Å². The van der Waals surface area contributed by atoms with Crippen molar-refractivity contribution in [1.82, 2.24) is 10.2 Å². The Morgan fingerprint density at radius 1 is 1.21 bits per heavy atom. The van der Waals surface area contributed by atoms with E-state index in [1.165, 1.54) is 6.07 Å². The van der Waals surface area contributed by atoms with Gasteiger partial charge in [0.25, 0.3) is 5.91 Å². The van der Waals surface area contributed by atoms with Crippen LogP contribution in [0.5, 0.6) is 5.75 Å². The summed E-state index contributed by atoms with van der Waals surface area (Å²) in [6.07, 6.45) is 0. The first-order chi connectivity index (χ1) is 13.8. The van der Waals surface area contributed by atoms with Crippen molar-refractivity contribution in [3.8, 4) is 5.75 Å². The van der Waals surface area contributed by atoms with Gasteiger partial charge in [-0.15, -0.1) is 0 Å². The van der Waals surface area contributed by atoms with Crippen molar-refractivity contribution in [3.05, 3.63) is 74.6 Å². The first-order valence-corrected chi connectivity index (χ1v) is 9.50. The molecule has 152 valence electrons. The Labute approximate surface area is 174 Å². The molecule has 1 amide bonds. The number of carbonyl (C=O) groups is 1. The van der Waals surface area contributed by atoms with E-state index in [-0.39, 0.29) is 17.2 Å². The highest BCUT2D eigenvalue weighted by atomic mass is 35.5. The van der Waals surface area contributed by atoms with Crippen LogP contribution >= 0.6 is 11.6 Å². The van der Waals surface area contributed by atoms with Gasteiger partial charge in [0.15, 0.2) is 11.2 Å². The molecule has 29 heavy (non-hydrogen) atoms. The van der Waals surface area contributed by atoms with Crippen molar-refractivity contribution in [2.75, 3.05) is 27.7 Å². The van der Waals surface area contributed by atoms with Crippen LogP contribution < -0.4 is 15.5 Å². The smallest absolute Gasteiger partial charge is 0.287 e. The Morgan fingerprint density at radius 2 is 1.90 bits per heavy atom. The number of amides is 1. The summed E-state index contributed by atoms with van der Waals surface area (Å²) < 4.78 is 10.9. The second-order valence-corrected chi connectivity index (χ2v) is 7.44. The molecule has 1 atom stereocenters. The highest BCUT2D eigenvalue weighted by Gasteiger charge is 2.18. The maximum absolute atomic E-state index is 12.6. The molecular weight excluding hydrogens is 392 g/mol. The van der Waals surface area contributed by atoms with E-state index < -0.39 is 5.91 Å². The minimum absolute atomic E-state index is 0.0311. The minimum atomic E-state index is -0.447. The molecule has 0 saturated heterocycles. The van der Waals surface area contributed by atoms with E-state index >= 15 is 0 Å². The molecule has 7 heteroatoms. The van der Waals surface area contributed by atoms with E-state index in [0.717, 1.165) is 16.9 Å². The second-order valence-electron chi connectivity index (χ2n) is 7.04. The maximum atomic E-state index is 12.6. The molecule has 0 aliphatic heterocycles. The Bertz CT molecular complexity index is 1090. The lowest BCUT2D eigenvalue weighted by Gasteiger charge is -2.25. The summed E-state index contributed by atoms with van der Waals surface area (Å²) in [4.78, 5) is 27.0. The minimum Gasteiger partial charge on any atom is -0.497 e. The third kappa shape index (κ3) is 4.60. The van der Waals surface area contributed by atoms with Crippen LogP contribution in [0.3, 0.4) is 0 Å². The van der Waals surface area contributed by atoms with Crippen molar-refractivity contribution in [1.29, 1.82) is 0 Å². The first-order valence-electron chi connectivity index (χ1n) is 9.12. The summed E-state index contributed by atoms with van der Waals surface area (Å²) in [5.41, 5.74) is 1.83. The van der Waals surface area contributed by atoms with Gasteiger partial charge in [-0.3, -0.25) is 9.59 Å². The Morgan fingerprint density at radius 3 is 2.52 bits per heavy atom. The first kappa shape index (κ1) is 20.9. The molecule has 2 aromatic carbocycles. The molecule has 1 N–H and O–H groups in total. The number of fused-ring (bicyclic) bond motifs is 1. The number of halogens is 1. The van der Waals surface area contributed by atoms with Gasteiger partial charge >= 0.3 is 0 Å². The number of hydrogen-bond donors (Lipinski definition) is 1. The van der Waals surface area contributed by atoms with Crippen LogP contribution in [0.2, 0.25) is 5.02 Å². The molecule has 0 spiro atoms. The molecule has 0 radical (unpaired) electrons. The van der Waals surface area contributed by atoms with Crippen molar-refractivity contribution in [2.24, 2.45) is 0 Å². The van der Waals surface area contributed by atoms with Gasteiger partial charge in [-0.1, -0.05) is 23.7 Å². The number of methoxy groups -OCH3 is 1. The van der Waals surface area contributed by atoms with E-state index in [4.69, 9.17) is 20.8 Å². The Hall–Kier alpha value is -2.83. The van der Waals surface area contributed by atoms with E-state index in [2.05, 4.69) is 5.32 Å². The number of hydrogen-bond acceptors (Lipinski definition) is 5. The quantitative estimate of drug-likeness (QED) is 0.664. The molecule has 0 fully saturated rings. The molecule has 3 aromatic rings. The zero-order chi connectivity index (χ0) is 21.1. The third-order valence-electron chi connectivity index (χ3n) is 4.81. The lowest BCUT2D eigenvalue weighted by Crippen LogP contribution is -2.34. The van der Waals surface area contributed by atoms with E-state index in [1.807, 2.05) is 50.2 Å². The maximum Gasteiger partial charge on any atom is 0.287 e. The summed E-state index contributed by atoms with van der Waals surface area (Å²) >= 11 is 6.08. The van der Waals surface area contributed by atoms with Gasteiger partial charge in [-0.2, -0.15) is 0 Å². The number of likely N-dealkylation sites (N-methyl/N-ethyl adjacent to an activating group) is 1. The van der Waals surface area contributed by atoms with E-state index in [1.54, 1.807) is 19.2 Å². The molecule has 1 aromatic heterocycles. The fourth-order valence-corrected chi connectivity index (χ4v) is 3.25. The van der Waals surface area contributed by atoms with E-state index in [9.17, 15) is 9.59 Å². The Kier molecular flexibility index (Phi) is 6.25. The lowest BCUT2D eigenvalue weighted by atomic mass is 10.1. The SMILES string of the molecule is COc1ccc(C(CNC(=O)c2cc(=O)c3cc(Cl)c(C)cc3o2)N(C)C)cc1. The molecule has 0 bridgehead atoms. The van der Waals surface area contributed by atoms with Crippen molar-refractivity contribution in [3.63, 3.8) is 0 Å². The fraction of sp³-hybridized carbons (Fsp3) is 0.273. The summed E-state index contributed by atoms with van der Waals surface area (Å²) in [5, 5.41) is 3.69. The zero-order valence-corrected chi connectivity index (χ0v) is 17.5. The molecule has 1 unspecified atom stereocenters. The van der Waals surface area contributed by atoms with Gasteiger partial charge in [-0.25, -0.2) is 0 Å². The van der Waals surface area contributed by atoms with Crippen LogP contribution in [0.4, 0.5) is 0 Å². The number of nitrogens with one attached hydrogen (secondary N) is 1. The van der Waals surface area contributed by atoms with Crippen molar-refractivity contribution >= 4 is 28.5 Å². The molecule has 0 aliphatic rings. The summed E-state index contributed by atoms with van der Waals surface area (Å²) in [5.74, 6) is 0.289. The monoisotopic (exact) mass is 414 g/mol. The summed E-state index contributed by atoms with van der Waals surface area (Å²) in [6, 6.07) is 12.0. The molecule has 0 saturated carbocycles. The number of ether oxygens (including phenoxy) is 1. The predicted octanol–water partition coefficient (Wildman–Crippen LogP) is 3.80. The zero-order valence-electron chi connectivity index (χ0n) is 16.8. The van der Waals surface area contributed by atoms with Gasteiger partial charge in [0, 0.05) is 17.6 Å². The summed E-state index contributed by atoms with van der Waals surface area (Å²) in [7, 11) is 5.49. The molecule has 1 heterocycles. The van der Waals surface area contributed by atoms with Gasteiger partial charge < -0.3 is 19.4 Å². The van der Waals surface area contributed by atoms with Crippen LogP contribution in [0.25, 0.3) is 11.0 Å². The number of carbonyl (C=O) groups excluding carboxylic acids is 1. The average Bonchev–Trinajstić information content (AvgIpc) is 2.69. The van der Waals surface area contributed by atoms with Crippen LogP contribution in [0.1, 0.15) is 27.7 Å². The molecule has 6 nitrogen and oxygen atoms in total. The Balaban J connectivity index is 1.81. The van der Waals surface area contributed by atoms with Crippen molar-refractivity contribution in [2.45, 2.75) is 13.0 Å². The highest BCUT2D eigenvalue weighted by molar-refractivity contribution is 6.32.